The van der Waals surface area contributed by atoms with Crippen LogP contribution in [0.4, 0.5) is 17.1 Å². The van der Waals surface area contributed by atoms with E-state index in [4.69, 9.17) is 4.74 Å². The van der Waals surface area contributed by atoms with Crippen LogP contribution in [0.1, 0.15) is 27.3 Å². The number of hydrogen-bond acceptors (Lipinski definition) is 8. The minimum Gasteiger partial charge on any atom is -0.378 e. The van der Waals surface area contributed by atoms with Crippen LogP contribution >= 0.6 is 11.3 Å². The zero-order valence-electron chi connectivity index (χ0n) is 20.0. The SMILES string of the molecule is CCc1ccc(NC(=O)c2nnc(CN(C)CC(=O)Nc3ccc(N4CCOCC4)cc3)s2)cc1. The van der Waals surface area contributed by atoms with Gasteiger partial charge in [-0.25, -0.2) is 0 Å². The van der Waals surface area contributed by atoms with Gasteiger partial charge < -0.3 is 20.3 Å². The molecule has 0 bridgehead atoms. The number of hydrogen-bond donors (Lipinski definition) is 2. The highest BCUT2D eigenvalue weighted by Gasteiger charge is 2.16. The lowest BCUT2D eigenvalue weighted by Gasteiger charge is -2.28. The standard InChI is InChI=1S/C25H30N6O3S/c1-3-18-4-6-20(7-5-18)27-24(33)25-29-28-23(35-25)17-30(2)16-22(32)26-19-8-10-21(11-9-19)31-12-14-34-15-13-31/h4-11H,3,12-17H2,1-2H3,(H,26,32)(H,27,33). The first-order valence-corrected chi connectivity index (χ1v) is 12.5. The summed E-state index contributed by atoms with van der Waals surface area (Å²) in [7, 11) is 1.83. The minimum absolute atomic E-state index is 0.121. The van der Waals surface area contributed by atoms with Crippen LogP contribution < -0.4 is 15.5 Å². The number of anilines is 3. The Morgan fingerprint density at radius 3 is 2.34 bits per heavy atom. The predicted octanol–water partition coefficient (Wildman–Crippen LogP) is 3.26. The summed E-state index contributed by atoms with van der Waals surface area (Å²) in [6.45, 7) is 5.91. The molecule has 10 heteroatoms. The molecule has 0 radical (unpaired) electrons. The molecule has 0 saturated carbocycles. The zero-order chi connectivity index (χ0) is 24.6. The minimum atomic E-state index is -0.293. The normalized spacial score (nSPS) is 13.6. The molecule has 1 aromatic heterocycles. The zero-order valence-corrected chi connectivity index (χ0v) is 20.8. The van der Waals surface area contributed by atoms with Crippen LogP contribution in [-0.2, 0) is 22.5 Å². The summed E-state index contributed by atoms with van der Waals surface area (Å²) < 4.78 is 5.39. The summed E-state index contributed by atoms with van der Waals surface area (Å²) in [4.78, 5) is 29.1. The molecule has 0 unspecified atom stereocenters. The molecule has 9 nitrogen and oxygen atoms in total. The van der Waals surface area contributed by atoms with E-state index in [1.165, 1.54) is 16.9 Å². The number of morpholine rings is 1. The summed E-state index contributed by atoms with van der Waals surface area (Å²) in [5.41, 5.74) is 3.80. The van der Waals surface area contributed by atoms with Gasteiger partial charge in [-0.05, 0) is 55.4 Å². The molecule has 0 spiro atoms. The molecule has 0 aliphatic carbocycles. The third kappa shape index (κ3) is 7.08. The van der Waals surface area contributed by atoms with Crippen molar-refractivity contribution in [2.24, 2.45) is 0 Å². The second kappa shape index (κ2) is 11.9. The molecule has 1 saturated heterocycles. The monoisotopic (exact) mass is 494 g/mol. The Hall–Kier alpha value is -3.34. The fourth-order valence-corrected chi connectivity index (χ4v) is 4.54. The number of carbonyl (C=O) groups excluding carboxylic acids is 2. The highest BCUT2D eigenvalue weighted by atomic mass is 32.1. The number of aromatic nitrogens is 2. The van der Waals surface area contributed by atoms with E-state index in [2.05, 4.69) is 32.7 Å². The number of amides is 2. The summed E-state index contributed by atoms with van der Waals surface area (Å²) in [6, 6.07) is 15.6. The van der Waals surface area contributed by atoms with Crippen molar-refractivity contribution < 1.29 is 14.3 Å². The number of carbonyl (C=O) groups is 2. The summed E-state index contributed by atoms with van der Waals surface area (Å²) >= 11 is 1.22. The first-order chi connectivity index (χ1) is 17.0. The number of nitrogens with one attached hydrogen (secondary N) is 2. The first kappa shape index (κ1) is 24.8. The summed E-state index contributed by atoms with van der Waals surface area (Å²) in [5.74, 6) is -0.413. The van der Waals surface area contributed by atoms with Gasteiger partial charge in [0.15, 0.2) is 0 Å². The maximum Gasteiger partial charge on any atom is 0.286 e. The Labute approximate surface area is 209 Å². The van der Waals surface area contributed by atoms with Crippen molar-refractivity contribution in [3.8, 4) is 0 Å². The predicted molar refractivity (Wildman–Crippen MR) is 138 cm³/mol. The van der Waals surface area contributed by atoms with E-state index >= 15 is 0 Å². The first-order valence-electron chi connectivity index (χ1n) is 11.6. The lowest BCUT2D eigenvalue weighted by Crippen LogP contribution is -2.36. The third-order valence-electron chi connectivity index (χ3n) is 5.63. The maximum absolute atomic E-state index is 12.5. The number of ether oxygens (including phenoxy) is 1. The molecule has 2 N–H and O–H groups in total. The lowest BCUT2D eigenvalue weighted by molar-refractivity contribution is -0.117. The molecule has 4 rings (SSSR count). The number of aryl methyl sites for hydroxylation is 1. The van der Waals surface area contributed by atoms with E-state index in [1.54, 1.807) is 0 Å². The van der Waals surface area contributed by atoms with Crippen molar-refractivity contribution in [1.29, 1.82) is 0 Å². The van der Waals surface area contributed by atoms with Crippen LogP contribution in [0, 0.1) is 0 Å². The summed E-state index contributed by atoms with van der Waals surface area (Å²) in [6.07, 6.45) is 0.945. The van der Waals surface area contributed by atoms with Crippen molar-refractivity contribution >= 4 is 40.2 Å². The number of rotatable bonds is 9. The Morgan fingerprint density at radius 1 is 1.00 bits per heavy atom. The van der Waals surface area contributed by atoms with Crippen molar-refractivity contribution in [1.82, 2.24) is 15.1 Å². The van der Waals surface area contributed by atoms with Crippen LogP contribution in [-0.4, -0.2) is 66.8 Å². The Morgan fingerprint density at radius 2 is 1.66 bits per heavy atom. The van der Waals surface area contributed by atoms with E-state index < -0.39 is 0 Å². The van der Waals surface area contributed by atoms with Crippen molar-refractivity contribution in [3.05, 3.63) is 64.1 Å². The number of likely N-dealkylation sites (N-methyl/N-ethyl adjacent to an activating group) is 1. The van der Waals surface area contributed by atoms with E-state index in [9.17, 15) is 9.59 Å². The second-order valence-corrected chi connectivity index (χ2v) is 9.43. The van der Waals surface area contributed by atoms with Gasteiger partial charge in [0.25, 0.3) is 5.91 Å². The molecule has 0 atom stereocenters. The lowest BCUT2D eigenvalue weighted by atomic mass is 10.1. The molecule has 1 aliphatic heterocycles. The van der Waals surface area contributed by atoms with Crippen LogP contribution in [0.3, 0.4) is 0 Å². The van der Waals surface area contributed by atoms with Gasteiger partial charge in [0.05, 0.1) is 26.3 Å². The fraction of sp³-hybridized carbons (Fsp3) is 0.360. The molecular weight excluding hydrogens is 464 g/mol. The summed E-state index contributed by atoms with van der Waals surface area (Å²) in [5, 5.41) is 14.8. The quantitative estimate of drug-likeness (QED) is 0.471. The fourth-order valence-electron chi connectivity index (χ4n) is 3.73. The van der Waals surface area contributed by atoms with E-state index in [0.717, 1.165) is 49.8 Å². The Balaban J connectivity index is 1.24. The molecule has 2 aromatic carbocycles. The largest absolute Gasteiger partial charge is 0.378 e. The average Bonchev–Trinajstić information content (AvgIpc) is 3.34. The van der Waals surface area contributed by atoms with Crippen molar-refractivity contribution in [2.75, 3.05) is 55.4 Å². The molecule has 1 aliphatic rings. The van der Waals surface area contributed by atoms with E-state index in [-0.39, 0.29) is 23.4 Å². The van der Waals surface area contributed by atoms with Gasteiger partial charge in [-0.2, -0.15) is 0 Å². The van der Waals surface area contributed by atoms with Crippen molar-refractivity contribution in [3.63, 3.8) is 0 Å². The Bertz CT molecular complexity index is 1130. The van der Waals surface area contributed by atoms with Gasteiger partial charge in [0, 0.05) is 30.2 Å². The van der Waals surface area contributed by atoms with Gasteiger partial charge in [0.2, 0.25) is 10.9 Å². The average molecular weight is 495 g/mol. The molecule has 35 heavy (non-hydrogen) atoms. The van der Waals surface area contributed by atoms with Gasteiger partial charge in [-0.1, -0.05) is 30.4 Å². The van der Waals surface area contributed by atoms with E-state index in [1.807, 2.05) is 60.5 Å². The highest BCUT2D eigenvalue weighted by Crippen LogP contribution is 2.19. The topological polar surface area (TPSA) is 99.7 Å². The molecule has 2 amide bonds. The van der Waals surface area contributed by atoms with Crippen LogP contribution in [0.2, 0.25) is 0 Å². The number of nitrogens with zero attached hydrogens (tertiary/aromatic N) is 4. The molecule has 2 heterocycles. The second-order valence-electron chi connectivity index (χ2n) is 8.37. The number of benzene rings is 2. The molecule has 184 valence electrons. The smallest absolute Gasteiger partial charge is 0.286 e. The van der Waals surface area contributed by atoms with Crippen LogP contribution in [0.5, 0.6) is 0 Å². The van der Waals surface area contributed by atoms with Crippen LogP contribution in [0.25, 0.3) is 0 Å². The Kier molecular flexibility index (Phi) is 8.40. The van der Waals surface area contributed by atoms with Crippen molar-refractivity contribution in [2.45, 2.75) is 19.9 Å². The van der Waals surface area contributed by atoms with Gasteiger partial charge in [-0.15, -0.1) is 10.2 Å². The van der Waals surface area contributed by atoms with Crippen LogP contribution in [0.15, 0.2) is 48.5 Å². The molecular formula is C25H30N6O3S. The van der Waals surface area contributed by atoms with Gasteiger partial charge in [-0.3, -0.25) is 14.5 Å². The highest BCUT2D eigenvalue weighted by molar-refractivity contribution is 7.13. The van der Waals surface area contributed by atoms with Gasteiger partial charge in [0.1, 0.15) is 5.01 Å². The molecule has 1 fully saturated rings. The molecule has 3 aromatic rings. The van der Waals surface area contributed by atoms with E-state index in [0.29, 0.717) is 11.6 Å². The third-order valence-corrected chi connectivity index (χ3v) is 6.53. The van der Waals surface area contributed by atoms with Gasteiger partial charge >= 0.3 is 0 Å². The maximum atomic E-state index is 12.5.